The molecule has 0 aliphatic heterocycles. The van der Waals surface area contributed by atoms with Crippen LogP contribution in [0.25, 0.3) is 0 Å². The molecule has 0 fully saturated rings. The fraction of sp³-hybridized carbons (Fsp3) is 0.462. The van der Waals surface area contributed by atoms with E-state index in [1.807, 2.05) is 37.3 Å². The Kier molecular flexibility index (Phi) is 6.83. The van der Waals surface area contributed by atoms with Crippen LogP contribution in [0.5, 0.6) is 0 Å². The topological polar surface area (TPSA) is 67.8 Å². The second-order valence-electron chi connectivity index (χ2n) is 3.75. The maximum absolute atomic E-state index is 11.4. The van der Waals surface area contributed by atoms with Crippen molar-refractivity contribution in [1.29, 1.82) is 0 Å². The predicted octanol–water partition coefficient (Wildman–Crippen LogP) is 1.31. The lowest BCUT2D eigenvalue weighted by atomic mass is 10.2. The van der Waals surface area contributed by atoms with E-state index in [2.05, 4.69) is 5.32 Å². The highest BCUT2D eigenvalue weighted by molar-refractivity contribution is 5.67. The van der Waals surface area contributed by atoms with Gasteiger partial charge in [-0.15, -0.1) is 0 Å². The Bertz CT molecular complexity index is 342. The highest BCUT2D eigenvalue weighted by atomic mass is 16.5. The van der Waals surface area contributed by atoms with E-state index in [0.29, 0.717) is 6.61 Å². The Morgan fingerprint density at radius 2 is 2.11 bits per heavy atom. The van der Waals surface area contributed by atoms with Crippen molar-refractivity contribution in [3.63, 3.8) is 0 Å². The zero-order chi connectivity index (χ0) is 13.2. The molecule has 0 heterocycles. The first-order valence-corrected chi connectivity index (χ1v) is 5.92. The van der Waals surface area contributed by atoms with Gasteiger partial charge in [0, 0.05) is 6.61 Å². The van der Waals surface area contributed by atoms with Crippen molar-refractivity contribution in [2.75, 3.05) is 19.8 Å². The maximum Gasteiger partial charge on any atom is 0.407 e. The zero-order valence-corrected chi connectivity index (χ0v) is 10.5. The summed E-state index contributed by atoms with van der Waals surface area (Å²) in [5, 5.41) is 11.6. The van der Waals surface area contributed by atoms with E-state index in [1.54, 1.807) is 0 Å². The number of alkyl carbamates (subject to hydrolysis) is 1. The first kappa shape index (κ1) is 14.5. The quantitative estimate of drug-likeness (QED) is 0.769. The third-order valence-corrected chi connectivity index (χ3v) is 2.28. The Morgan fingerprint density at radius 3 is 2.72 bits per heavy atom. The molecule has 1 aromatic carbocycles. The number of amides is 1. The number of carbonyl (C=O) groups is 1. The van der Waals surface area contributed by atoms with E-state index in [9.17, 15) is 4.79 Å². The van der Waals surface area contributed by atoms with Crippen molar-refractivity contribution < 1.29 is 19.4 Å². The molecule has 5 heteroatoms. The molecule has 100 valence electrons. The Balaban J connectivity index is 2.28. The van der Waals surface area contributed by atoms with Crippen LogP contribution in [0.1, 0.15) is 12.5 Å². The van der Waals surface area contributed by atoms with E-state index in [-0.39, 0.29) is 19.8 Å². The summed E-state index contributed by atoms with van der Waals surface area (Å²) in [6, 6.07) is 8.96. The summed E-state index contributed by atoms with van der Waals surface area (Å²) in [6.45, 7) is 2.69. The van der Waals surface area contributed by atoms with E-state index in [4.69, 9.17) is 14.6 Å². The van der Waals surface area contributed by atoms with Crippen LogP contribution < -0.4 is 5.32 Å². The molecule has 0 bridgehead atoms. The lowest BCUT2D eigenvalue weighted by Gasteiger charge is -2.15. The average molecular weight is 253 g/mol. The first-order valence-electron chi connectivity index (χ1n) is 5.92. The van der Waals surface area contributed by atoms with E-state index < -0.39 is 12.1 Å². The smallest absolute Gasteiger partial charge is 0.407 e. The fourth-order valence-electron chi connectivity index (χ4n) is 1.33. The van der Waals surface area contributed by atoms with Gasteiger partial charge in [0.05, 0.1) is 19.3 Å². The average Bonchev–Trinajstić information content (AvgIpc) is 2.42. The molecule has 0 aliphatic rings. The van der Waals surface area contributed by atoms with Gasteiger partial charge >= 0.3 is 6.09 Å². The summed E-state index contributed by atoms with van der Waals surface area (Å²) in [7, 11) is 0. The molecule has 2 N–H and O–H groups in total. The number of benzene rings is 1. The number of rotatable bonds is 7. The van der Waals surface area contributed by atoms with Crippen LogP contribution in [0, 0.1) is 0 Å². The molecule has 1 rings (SSSR count). The van der Waals surface area contributed by atoms with Gasteiger partial charge in [-0.1, -0.05) is 30.3 Å². The lowest BCUT2D eigenvalue weighted by Crippen LogP contribution is -2.41. The highest BCUT2D eigenvalue weighted by Gasteiger charge is 2.12. The van der Waals surface area contributed by atoms with Crippen LogP contribution in [-0.2, 0) is 16.1 Å². The second kappa shape index (κ2) is 8.49. The van der Waals surface area contributed by atoms with Crippen LogP contribution in [0.3, 0.4) is 0 Å². The van der Waals surface area contributed by atoms with Gasteiger partial charge in [-0.25, -0.2) is 4.79 Å². The third-order valence-electron chi connectivity index (χ3n) is 2.28. The largest absolute Gasteiger partial charge is 0.445 e. The predicted molar refractivity (Wildman–Crippen MR) is 67.1 cm³/mol. The van der Waals surface area contributed by atoms with Gasteiger partial charge in [0.25, 0.3) is 0 Å². The lowest BCUT2D eigenvalue weighted by molar-refractivity contribution is 0.0850. The molecule has 5 nitrogen and oxygen atoms in total. The minimum absolute atomic E-state index is 0.180. The molecule has 0 saturated carbocycles. The van der Waals surface area contributed by atoms with Crippen LogP contribution in [0.15, 0.2) is 30.3 Å². The number of nitrogens with one attached hydrogen (secondary N) is 1. The molecule has 0 radical (unpaired) electrons. The number of aliphatic hydroxyl groups is 1. The van der Waals surface area contributed by atoms with Gasteiger partial charge < -0.3 is 19.9 Å². The minimum atomic E-state index is -0.558. The van der Waals surface area contributed by atoms with Gasteiger partial charge in [-0.05, 0) is 12.5 Å². The molecule has 0 saturated heterocycles. The van der Waals surface area contributed by atoms with Gasteiger partial charge in [-0.3, -0.25) is 0 Å². The summed E-state index contributed by atoms with van der Waals surface area (Å²) in [6.07, 6.45) is -0.558. The Hall–Kier alpha value is -1.59. The molecule has 0 aromatic heterocycles. The molecule has 0 spiro atoms. The van der Waals surface area contributed by atoms with Crippen LogP contribution in [0.4, 0.5) is 4.79 Å². The van der Waals surface area contributed by atoms with Crippen molar-refractivity contribution in [3.05, 3.63) is 35.9 Å². The fourth-order valence-corrected chi connectivity index (χ4v) is 1.33. The van der Waals surface area contributed by atoms with Gasteiger partial charge in [0.1, 0.15) is 6.61 Å². The number of hydrogen-bond donors (Lipinski definition) is 2. The first-order chi connectivity index (χ1) is 8.76. The van der Waals surface area contributed by atoms with Crippen molar-refractivity contribution in [2.24, 2.45) is 0 Å². The SMILES string of the molecule is CCOCC(CO)NC(=O)OCc1ccccc1. The molecular weight excluding hydrogens is 234 g/mol. The number of ether oxygens (including phenoxy) is 2. The molecular formula is C13H19NO4. The zero-order valence-electron chi connectivity index (χ0n) is 10.5. The molecule has 1 unspecified atom stereocenters. The van der Waals surface area contributed by atoms with Crippen LogP contribution in [0.2, 0.25) is 0 Å². The van der Waals surface area contributed by atoms with Crippen molar-refractivity contribution in [2.45, 2.75) is 19.6 Å². The summed E-state index contributed by atoms with van der Waals surface area (Å²) in [4.78, 5) is 11.4. The van der Waals surface area contributed by atoms with Gasteiger partial charge in [0.2, 0.25) is 0 Å². The third kappa shape index (κ3) is 5.65. The Morgan fingerprint density at radius 1 is 1.39 bits per heavy atom. The van der Waals surface area contributed by atoms with Gasteiger partial charge in [0.15, 0.2) is 0 Å². The standard InChI is InChI=1S/C13H19NO4/c1-2-17-10-12(8-15)14-13(16)18-9-11-6-4-3-5-7-11/h3-7,12,15H,2,8-10H2,1H3,(H,14,16). The van der Waals surface area contributed by atoms with E-state index in [0.717, 1.165) is 5.56 Å². The van der Waals surface area contributed by atoms with Crippen LogP contribution in [-0.4, -0.2) is 37.1 Å². The summed E-state index contributed by atoms with van der Waals surface area (Å²) < 4.78 is 10.1. The van der Waals surface area contributed by atoms with E-state index >= 15 is 0 Å². The molecule has 1 aromatic rings. The monoisotopic (exact) mass is 253 g/mol. The van der Waals surface area contributed by atoms with Crippen LogP contribution >= 0.6 is 0 Å². The Labute approximate surface area is 107 Å². The molecule has 1 amide bonds. The minimum Gasteiger partial charge on any atom is -0.445 e. The maximum atomic E-state index is 11.4. The number of hydrogen-bond acceptors (Lipinski definition) is 4. The summed E-state index contributed by atoms with van der Waals surface area (Å²) in [5.41, 5.74) is 0.915. The molecule has 0 aliphatic carbocycles. The normalized spacial score (nSPS) is 11.9. The molecule has 1 atom stereocenters. The van der Waals surface area contributed by atoms with E-state index in [1.165, 1.54) is 0 Å². The molecule has 18 heavy (non-hydrogen) atoms. The number of carbonyl (C=O) groups excluding carboxylic acids is 1. The second-order valence-corrected chi connectivity index (χ2v) is 3.75. The summed E-state index contributed by atoms with van der Waals surface area (Å²) >= 11 is 0. The van der Waals surface area contributed by atoms with Crippen molar-refractivity contribution in [3.8, 4) is 0 Å². The highest BCUT2D eigenvalue weighted by Crippen LogP contribution is 2.00. The number of aliphatic hydroxyl groups excluding tert-OH is 1. The van der Waals surface area contributed by atoms with Crippen molar-refractivity contribution in [1.82, 2.24) is 5.32 Å². The summed E-state index contributed by atoms with van der Waals surface area (Å²) in [5.74, 6) is 0. The van der Waals surface area contributed by atoms with Gasteiger partial charge in [-0.2, -0.15) is 0 Å². The van der Waals surface area contributed by atoms with Crippen molar-refractivity contribution >= 4 is 6.09 Å².